The molecule has 88 valence electrons. The Morgan fingerprint density at radius 3 is 2.94 bits per heavy atom. The molecular weight excluding hydrogens is 212 g/mol. The van der Waals surface area contributed by atoms with Crippen LogP contribution in [0.4, 0.5) is 0 Å². The van der Waals surface area contributed by atoms with Gasteiger partial charge in [-0.05, 0) is 50.3 Å². The predicted octanol–water partition coefficient (Wildman–Crippen LogP) is 2.27. The zero-order valence-corrected chi connectivity index (χ0v) is 10.1. The van der Waals surface area contributed by atoms with Gasteiger partial charge in [-0.25, -0.2) is 4.98 Å². The molecule has 0 saturated carbocycles. The molecule has 0 aliphatic heterocycles. The molecule has 17 heavy (non-hydrogen) atoms. The SMILES string of the molecule is Cc1ccn2c(=O)c3c(nc2c1)CCCCC3. The molecule has 3 rings (SSSR count). The smallest absolute Gasteiger partial charge is 0.261 e. The first kappa shape index (κ1) is 10.5. The highest BCUT2D eigenvalue weighted by Crippen LogP contribution is 2.17. The third-order valence-corrected chi connectivity index (χ3v) is 3.51. The fourth-order valence-electron chi connectivity index (χ4n) is 2.55. The zero-order valence-electron chi connectivity index (χ0n) is 10.1. The molecular formula is C14H16N2O. The van der Waals surface area contributed by atoms with Crippen molar-refractivity contribution in [3.05, 3.63) is 45.5 Å². The summed E-state index contributed by atoms with van der Waals surface area (Å²) >= 11 is 0. The maximum Gasteiger partial charge on any atom is 0.261 e. The molecule has 1 aliphatic carbocycles. The average molecular weight is 228 g/mol. The highest BCUT2D eigenvalue weighted by molar-refractivity contribution is 5.43. The minimum absolute atomic E-state index is 0.131. The van der Waals surface area contributed by atoms with Crippen molar-refractivity contribution in [2.45, 2.75) is 39.0 Å². The number of rotatable bonds is 0. The number of nitrogens with zero attached hydrogens (tertiary/aromatic N) is 2. The first-order chi connectivity index (χ1) is 8.25. The van der Waals surface area contributed by atoms with E-state index in [1.165, 1.54) is 6.42 Å². The van der Waals surface area contributed by atoms with Crippen molar-refractivity contribution in [2.24, 2.45) is 0 Å². The number of aromatic nitrogens is 2. The van der Waals surface area contributed by atoms with Crippen LogP contribution in [0.5, 0.6) is 0 Å². The molecule has 0 bridgehead atoms. The van der Waals surface area contributed by atoms with E-state index in [2.05, 4.69) is 4.98 Å². The number of aryl methyl sites for hydroxylation is 2. The molecule has 0 aromatic carbocycles. The van der Waals surface area contributed by atoms with Crippen LogP contribution in [0.3, 0.4) is 0 Å². The summed E-state index contributed by atoms with van der Waals surface area (Å²) in [5.41, 5.74) is 4.02. The molecule has 0 atom stereocenters. The van der Waals surface area contributed by atoms with Crippen LogP contribution >= 0.6 is 0 Å². The van der Waals surface area contributed by atoms with Gasteiger partial charge in [-0.1, -0.05) is 6.42 Å². The molecule has 3 nitrogen and oxygen atoms in total. The Bertz CT molecular complexity index is 628. The normalized spacial score (nSPS) is 15.6. The van der Waals surface area contributed by atoms with Crippen molar-refractivity contribution in [1.29, 1.82) is 0 Å². The maximum absolute atomic E-state index is 12.4. The van der Waals surface area contributed by atoms with Crippen molar-refractivity contribution in [3.63, 3.8) is 0 Å². The largest absolute Gasteiger partial charge is 0.269 e. The first-order valence-corrected chi connectivity index (χ1v) is 6.26. The lowest BCUT2D eigenvalue weighted by Crippen LogP contribution is -2.22. The lowest BCUT2D eigenvalue weighted by Gasteiger charge is -2.08. The first-order valence-electron chi connectivity index (χ1n) is 6.26. The van der Waals surface area contributed by atoms with Gasteiger partial charge in [0.05, 0.1) is 5.69 Å². The van der Waals surface area contributed by atoms with E-state index in [-0.39, 0.29) is 5.56 Å². The molecule has 0 fully saturated rings. The van der Waals surface area contributed by atoms with Gasteiger partial charge < -0.3 is 0 Å². The highest BCUT2D eigenvalue weighted by atomic mass is 16.1. The summed E-state index contributed by atoms with van der Waals surface area (Å²) in [4.78, 5) is 17.0. The molecule has 0 unspecified atom stereocenters. The van der Waals surface area contributed by atoms with Gasteiger partial charge in [0.15, 0.2) is 0 Å². The molecule has 0 radical (unpaired) electrons. The van der Waals surface area contributed by atoms with Gasteiger partial charge in [-0.3, -0.25) is 9.20 Å². The van der Waals surface area contributed by atoms with Crippen LogP contribution in [0.15, 0.2) is 23.1 Å². The second-order valence-corrected chi connectivity index (χ2v) is 4.84. The van der Waals surface area contributed by atoms with E-state index in [9.17, 15) is 4.79 Å². The van der Waals surface area contributed by atoms with Crippen LogP contribution in [0.2, 0.25) is 0 Å². The van der Waals surface area contributed by atoms with Crippen LogP contribution in [-0.4, -0.2) is 9.38 Å². The van der Waals surface area contributed by atoms with Crippen molar-refractivity contribution in [2.75, 3.05) is 0 Å². The van der Waals surface area contributed by atoms with Crippen molar-refractivity contribution in [3.8, 4) is 0 Å². The van der Waals surface area contributed by atoms with E-state index < -0.39 is 0 Å². The van der Waals surface area contributed by atoms with Crippen LogP contribution in [0.1, 0.15) is 36.1 Å². The quantitative estimate of drug-likeness (QED) is 0.648. The molecule has 0 spiro atoms. The molecule has 2 aromatic heterocycles. The van der Waals surface area contributed by atoms with E-state index in [4.69, 9.17) is 0 Å². The van der Waals surface area contributed by atoms with Gasteiger partial charge in [-0.2, -0.15) is 0 Å². The summed E-state index contributed by atoms with van der Waals surface area (Å²) in [6, 6.07) is 3.94. The average Bonchev–Trinajstić information content (AvgIpc) is 2.54. The second-order valence-electron chi connectivity index (χ2n) is 4.84. The molecule has 0 amide bonds. The van der Waals surface area contributed by atoms with Crippen LogP contribution < -0.4 is 5.56 Å². The van der Waals surface area contributed by atoms with Crippen molar-refractivity contribution >= 4 is 5.65 Å². The Hall–Kier alpha value is -1.64. The van der Waals surface area contributed by atoms with E-state index in [0.29, 0.717) is 0 Å². The van der Waals surface area contributed by atoms with Gasteiger partial charge in [0.2, 0.25) is 0 Å². The summed E-state index contributed by atoms with van der Waals surface area (Å²) in [5.74, 6) is 0. The van der Waals surface area contributed by atoms with Crippen LogP contribution in [0, 0.1) is 6.92 Å². The Balaban J connectivity index is 2.33. The number of fused-ring (bicyclic) bond motifs is 2. The summed E-state index contributed by atoms with van der Waals surface area (Å²) in [7, 11) is 0. The standard InChI is InChI=1S/C14H16N2O/c1-10-7-8-16-13(9-10)15-12-6-4-2-3-5-11(12)14(16)17/h7-9H,2-6H2,1H3. The molecule has 2 heterocycles. The van der Waals surface area contributed by atoms with Crippen LogP contribution in [-0.2, 0) is 12.8 Å². The van der Waals surface area contributed by atoms with E-state index >= 15 is 0 Å². The lowest BCUT2D eigenvalue weighted by atomic mass is 10.1. The molecule has 0 N–H and O–H groups in total. The Kier molecular flexibility index (Phi) is 2.46. The summed E-state index contributed by atoms with van der Waals surface area (Å²) in [5, 5.41) is 0. The molecule has 1 aliphatic rings. The minimum atomic E-state index is 0.131. The van der Waals surface area contributed by atoms with E-state index in [1.54, 1.807) is 4.40 Å². The Morgan fingerprint density at radius 1 is 1.24 bits per heavy atom. The fraction of sp³-hybridized carbons (Fsp3) is 0.429. The Labute approximate surface area is 100 Å². The predicted molar refractivity (Wildman–Crippen MR) is 67.5 cm³/mol. The van der Waals surface area contributed by atoms with Crippen molar-refractivity contribution in [1.82, 2.24) is 9.38 Å². The van der Waals surface area contributed by atoms with Crippen LogP contribution in [0.25, 0.3) is 5.65 Å². The van der Waals surface area contributed by atoms with Gasteiger partial charge in [-0.15, -0.1) is 0 Å². The third-order valence-electron chi connectivity index (χ3n) is 3.51. The molecule has 0 saturated heterocycles. The summed E-state index contributed by atoms with van der Waals surface area (Å²) in [6.07, 6.45) is 7.15. The summed E-state index contributed by atoms with van der Waals surface area (Å²) < 4.78 is 1.68. The number of pyridine rings is 1. The number of hydrogen-bond donors (Lipinski definition) is 0. The maximum atomic E-state index is 12.4. The van der Waals surface area contributed by atoms with Gasteiger partial charge in [0.1, 0.15) is 5.65 Å². The van der Waals surface area contributed by atoms with Gasteiger partial charge in [0, 0.05) is 11.8 Å². The topological polar surface area (TPSA) is 34.4 Å². The lowest BCUT2D eigenvalue weighted by molar-refractivity contribution is 0.708. The second kappa shape index (κ2) is 3.99. The third kappa shape index (κ3) is 1.75. The molecule has 2 aromatic rings. The Morgan fingerprint density at radius 2 is 2.06 bits per heavy atom. The zero-order chi connectivity index (χ0) is 11.8. The van der Waals surface area contributed by atoms with E-state index in [0.717, 1.165) is 48.2 Å². The van der Waals surface area contributed by atoms with Gasteiger partial charge in [0.25, 0.3) is 5.56 Å². The van der Waals surface area contributed by atoms with Crippen molar-refractivity contribution < 1.29 is 0 Å². The number of hydrogen-bond acceptors (Lipinski definition) is 2. The summed E-state index contributed by atoms with van der Waals surface area (Å²) in [6.45, 7) is 2.03. The van der Waals surface area contributed by atoms with Gasteiger partial charge >= 0.3 is 0 Å². The minimum Gasteiger partial charge on any atom is -0.269 e. The molecule has 3 heteroatoms. The fourth-order valence-corrected chi connectivity index (χ4v) is 2.55. The monoisotopic (exact) mass is 228 g/mol. The van der Waals surface area contributed by atoms with E-state index in [1.807, 2.05) is 25.3 Å². The highest BCUT2D eigenvalue weighted by Gasteiger charge is 2.14.